The second-order valence-corrected chi connectivity index (χ2v) is 9.32. The first-order valence-corrected chi connectivity index (χ1v) is 10.4. The predicted octanol–water partition coefficient (Wildman–Crippen LogP) is 2.05. The third-order valence-electron chi connectivity index (χ3n) is 6.32. The number of ketones is 1. The molecular weight excluding hydrogens is 376 g/mol. The Morgan fingerprint density at radius 3 is 2.34 bits per heavy atom. The molecule has 1 amide bonds. The number of alkyl carbamates (subject to hydrolysis) is 1. The fraction of sp³-hybridized carbons (Fsp3) is 0.857. The molecule has 1 unspecified atom stereocenters. The SMILES string of the molecule is CO[C@]1(C)C[C@@H](C)CN[C@H](C)[C@H]2NC(=O)O[C@]2(C)COC(=O)C(C)C(=O)[C@H](C)C1. The van der Waals surface area contributed by atoms with Crippen molar-refractivity contribution >= 4 is 17.8 Å². The van der Waals surface area contributed by atoms with E-state index in [1.54, 1.807) is 21.0 Å². The first kappa shape index (κ1) is 23.6. The highest BCUT2D eigenvalue weighted by atomic mass is 16.6. The van der Waals surface area contributed by atoms with Crippen LogP contribution in [0.15, 0.2) is 0 Å². The molecule has 0 radical (unpaired) electrons. The van der Waals surface area contributed by atoms with Gasteiger partial charge >= 0.3 is 12.1 Å². The van der Waals surface area contributed by atoms with E-state index >= 15 is 0 Å². The van der Waals surface area contributed by atoms with E-state index in [1.165, 1.54) is 0 Å². The number of nitrogens with one attached hydrogen (secondary N) is 2. The van der Waals surface area contributed by atoms with Crippen molar-refractivity contribution < 1.29 is 28.6 Å². The summed E-state index contributed by atoms with van der Waals surface area (Å²) in [7, 11) is 1.66. The third kappa shape index (κ3) is 5.48. The Morgan fingerprint density at radius 1 is 1.07 bits per heavy atom. The van der Waals surface area contributed by atoms with Crippen LogP contribution in [0.2, 0.25) is 0 Å². The molecule has 166 valence electrons. The van der Waals surface area contributed by atoms with E-state index in [1.807, 2.05) is 20.8 Å². The fourth-order valence-corrected chi connectivity index (χ4v) is 4.55. The Morgan fingerprint density at radius 2 is 1.72 bits per heavy atom. The van der Waals surface area contributed by atoms with Gasteiger partial charge in [-0.05, 0) is 53.0 Å². The third-order valence-corrected chi connectivity index (χ3v) is 6.32. The van der Waals surface area contributed by atoms with Gasteiger partial charge in [-0.25, -0.2) is 4.79 Å². The van der Waals surface area contributed by atoms with Gasteiger partial charge in [0.05, 0.1) is 11.6 Å². The van der Waals surface area contributed by atoms with Crippen molar-refractivity contribution in [1.82, 2.24) is 10.6 Å². The molecule has 2 saturated heterocycles. The normalized spacial score (nSPS) is 42.7. The molecule has 8 nitrogen and oxygen atoms in total. The maximum Gasteiger partial charge on any atom is 0.408 e. The number of fused-ring (bicyclic) bond motifs is 1. The van der Waals surface area contributed by atoms with E-state index in [0.29, 0.717) is 13.0 Å². The second-order valence-electron chi connectivity index (χ2n) is 9.32. The predicted molar refractivity (Wildman–Crippen MR) is 107 cm³/mol. The number of esters is 1. The molecule has 2 fully saturated rings. The number of ether oxygens (including phenoxy) is 3. The summed E-state index contributed by atoms with van der Waals surface area (Å²) in [5.41, 5.74) is -1.50. The lowest BCUT2D eigenvalue weighted by molar-refractivity contribution is -0.158. The Kier molecular flexibility index (Phi) is 7.32. The summed E-state index contributed by atoms with van der Waals surface area (Å²) in [6, 6.07) is -0.483. The maximum atomic E-state index is 12.8. The maximum absolute atomic E-state index is 12.8. The van der Waals surface area contributed by atoms with Crippen molar-refractivity contribution in [1.29, 1.82) is 0 Å². The number of rotatable bonds is 1. The minimum atomic E-state index is -1.02. The number of cyclic esters (lactones) is 1. The van der Waals surface area contributed by atoms with Crippen LogP contribution in [0.4, 0.5) is 4.79 Å². The number of methoxy groups -OCH3 is 1. The molecule has 0 aromatic heterocycles. The molecule has 7 atom stereocenters. The van der Waals surface area contributed by atoms with Gasteiger partial charge in [0.25, 0.3) is 0 Å². The van der Waals surface area contributed by atoms with Gasteiger partial charge < -0.3 is 24.8 Å². The van der Waals surface area contributed by atoms with Gasteiger partial charge in [0.1, 0.15) is 18.3 Å². The quantitative estimate of drug-likeness (QED) is 0.502. The highest BCUT2D eigenvalue weighted by molar-refractivity contribution is 5.99. The summed E-state index contributed by atoms with van der Waals surface area (Å²) in [4.78, 5) is 37.3. The average molecular weight is 413 g/mol. The van der Waals surface area contributed by atoms with Crippen LogP contribution in [0.1, 0.15) is 54.4 Å². The molecule has 8 heteroatoms. The lowest BCUT2D eigenvalue weighted by atomic mass is 9.81. The molecule has 0 aliphatic carbocycles. The van der Waals surface area contributed by atoms with Crippen molar-refractivity contribution in [3.63, 3.8) is 0 Å². The van der Waals surface area contributed by atoms with Crippen LogP contribution >= 0.6 is 0 Å². The minimum Gasteiger partial charge on any atom is -0.461 e. The average Bonchev–Trinajstić information content (AvgIpc) is 2.96. The van der Waals surface area contributed by atoms with Crippen molar-refractivity contribution in [2.24, 2.45) is 17.8 Å². The Bertz CT molecular complexity index is 641. The highest BCUT2D eigenvalue weighted by Crippen LogP contribution is 2.31. The van der Waals surface area contributed by atoms with Crippen LogP contribution in [0.5, 0.6) is 0 Å². The van der Waals surface area contributed by atoms with E-state index in [0.717, 1.165) is 6.42 Å². The molecule has 2 N–H and O–H groups in total. The van der Waals surface area contributed by atoms with Gasteiger partial charge in [0.2, 0.25) is 0 Å². The molecular formula is C21H36N2O6. The monoisotopic (exact) mass is 412 g/mol. The Hall–Kier alpha value is -1.67. The van der Waals surface area contributed by atoms with E-state index in [4.69, 9.17) is 14.2 Å². The first-order valence-electron chi connectivity index (χ1n) is 10.4. The van der Waals surface area contributed by atoms with Crippen LogP contribution in [-0.2, 0) is 23.8 Å². The van der Waals surface area contributed by atoms with Gasteiger partial charge in [0.15, 0.2) is 5.60 Å². The molecule has 2 aliphatic rings. The van der Waals surface area contributed by atoms with Gasteiger partial charge in [-0.15, -0.1) is 0 Å². The lowest BCUT2D eigenvalue weighted by Gasteiger charge is -2.34. The van der Waals surface area contributed by atoms with E-state index in [2.05, 4.69) is 17.6 Å². The van der Waals surface area contributed by atoms with Crippen LogP contribution in [0.3, 0.4) is 0 Å². The number of hydrogen-bond donors (Lipinski definition) is 2. The zero-order valence-corrected chi connectivity index (χ0v) is 18.7. The van der Waals surface area contributed by atoms with E-state index < -0.39 is 29.2 Å². The summed E-state index contributed by atoms with van der Waals surface area (Å²) in [6.07, 6.45) is 0.741. The highest BCUT2D eigenvalue weighted by Gasteiger charge is 2.49. The smallest absolute Gasteiger partial charge is 0.408 e. The zero-order chi connectivity index (χ0) is 22.0. The standard InChI is InChI=1S/C21H36N2O6/c1-12-8-20(5,27-7)9-13(2)16(24)14(3)18(25)28-11-21(6)17(15(4)22-10-12)23-19(26)29-21/h12-15,17,22H,8-11H2,1-7H3,(H,23,26)/t12-,13-,14?,15-,17-,20-,21-/m1/s1. The molecule has 0 saturated carbocycles. The number of hydrogen-bond acceptors (Lipinski definition) is 7. The van der Waals surface area contributed by atoms with Crippen molar-refractivity contribution in [2.45, 2.75) is 77.7 Å². The number of Topliss-reactive ketones (excluding diaryl/α,β-unsaturated/α-hetero) is 1. The molecule has 2 aliphatic heterocycles. The summed E-state index contributed by atoms with van der Waals surface area (Å²) in [5.74, 6) is -1.74. The first-order chi connectivity index (χ1) is 13.4. The van der Waals surface area contributed by atoms with Crippen molar-refractivity contribution in [2.75, 3.05) is 20.3 Å². The lowest BCUT2D eigenvalue weighted by Crippen LogP contribution is -2.56. The van der Waals surface area contributed by atoms with Crippen LogP contribution < -0.4 is 10.6 Å². The molecule has 0 aromatic rings. The summed E-state index contributed by atoms with van der Waals surface area (Å²) in [6.45, 7) is 11.8. The fourth-order valence-electron chi connectivity index (χ4n) is 4.55. The topological polar surface area (TPSA) is 103 Å². The van der Waals surface area contributed by atoms with Crippen LogP contribution in [0, 0.1) is 17.8 Å². The molecule has 29 heavy (non-hydrogen) atoms. The molecule has 0 spiro atoms. The number of carbonyl (C=O) groups is 3. The molecule has 2 heterocycles. The zero-order valence-electron chi connectivity index (χ0n) is 18.7. The Balaban J connectivity index is 2.29. The van der Waals surface area contributed by atoms with Crippen molar-refractivity contribution in [3.05, 3.63) is 0 Å². The molecule has 0 bridgehead atoms. The van der Waals surface area contributed by atoms with E-state index in [-0.39, 0.29) is 36.3 Å². The van der Waals surface area contributed by atoms with E-state index in [9.17, 15) is 14.4 Å². The van der Waals surface area contributed by atoms with Gasteiger partial charge in [0, 0.05) is 19.1 Å². The second kappa shape index (κ2) is 9.00. The van der Waals surface area contributed by atoms with Crippen molar-refractivity contribution in [3.8, 4) is 0 Å². The van der Waals surface area contributed by atoms with Gasteiger partial charge in [-0.2, -0.15) is 0 Å². The Labute approximate surface area is 173 Å². The number of carbonyl (C=O) groups excluding carboxylic acids is 3. The summed E-state index contributed by atoms with van der Waals surface area (Å²) >= 11 is 0. The van der Waals surface area contributed by atoms with Crippen LogP contribution in [-0.4, -0.2) is 61.4 Å². The van der Waals surface area contributed by atoms with Gasteiger partial charge in [-0.3, -0.25) is 9.59 Å². The largest absolute Gasteiger partial charge is 0.461 e. The number of amides is 1. The minimum absolute atomic E-state index is 0.107. The summed E-state index contributed by atoms with van der Waals surface area (Å²) < 4.78 is 16.6. The molecule has 0 aromatic carbocycles. The van der Waals surface area contributed by atoms with Crippen LogP contribution in [0.25, 0.3) is 0 Å². The molecule has 2 rings (SSSR count). The van der Waals surface area contributed by atoms with Gasteiger partial charge in [-0.1, -0.05) is 13.8 Å². The summed E-state index contributed by atoms with van der Waals surface area (Å²) in [5, 5.41) is 6.28.